The van der Waals surface area contributed by atoms with E-state index in [0.717, 1.165) is 39.9 Å². The lowest BCUT2D eigenvalue weighted by molar-refractivity contribution is -0.151. The van der Waals surface area contributed by atoms with Gasteiger partial charge in [0.1, 0.15) is 0 Å². The van der Waals surface area contributed by atoms with Crippen molar-refractivity contribution in [2.24, 2.45) is 0 Å². The van der Waals surface area contributed by atoms with Gasteiger partial charge in [0, 0.05) is 10.6 Å². The van der Waals surface area contributed by atoms with E-state index in [4.69, 9.17) is 23.2 Å². The molecule has 0 radical (unpaired) electrons. The molecule has 0 aliphatic rings. The van der Waals surface area contributed by atoms with Gasteiger partial charge in [0.05, 0.1) is 14.9 Å². The predicted octanol–water partition coefficient (Wildman–Crippen LogP) is 6.68. The molecule has 0 aromatic heterocycles. The highest BCUT2D eigenvalue weighted by Crippen LogP contribution is 2.43. The number of sulfonamides is 1. The van der Waals surface area contributed by atoms with E-state index in [1.165, 1.54) is 12.1 Å². The summed E-state index contributed by atoms with van der Waals surface area (Å²) in [5.74, 6) is -0.639. The number of halogens is 6. The Bertz CT molecular complexity index is 1010. The Hall–Kier alpha value is -0.200. The van der Waals surface area contributed by atoms with Crippen LogP contribution in [0.1, 0.15) is 16.7 Å². The average Bonchev–Trinajstić information content (AvgIpc) is 2.53. The number of hydrogen-bond acceptors (Lipinski definition) is 3. The van der Waals surface area contributed by atoms with Crippen LogP contribution in [0.4, 0.5) is 13.2 Å². The second-order valence-corrected chi connectivity index (χ2v) is 11.7. The van der Waals surface area contributed by atoms with Crippen molar-refractivity contribution in [3.63, 3.8) is 0 Å². The molecule has 29 heavy (non-hydrogen) atoms. The molecular weight excluding hydrogens is 581 g/mol. The molecule has 1 atom stereocenters. The molecule has 2 rings (SSSR count). The summed E-state index contributed by atoms with van der Waals surface area (Å²) in [6.07, 6.45) is -4.86. The zero-order valence-electron chi connectivity index (χ0n) is 15.5. The summed E-state index contributed by atoms with van der Waals surface area (Å²) in [6, 6.07) is 7.83. The maximum absolute atomic E-state index is 13.9. The molecular formula is C18H17Cl2F3INO2S2. The van der Waals surface area contributed by atoms with E-state index in [0.29, 0.717) is 16.0 Å². The van der Waals surface area contributed by atoms with Crippen molar-refractivity contribution in [3.05, 3.63) is 57.1 Å². The number of rotatable bonds is 6. The second kappa shape index (κ2) is 9.12. The lowest BCUT2D eigenvalue weighted by Gasteiger charge is -2.31. The van der Waals surface area contributed by atoms with Gasteiger partial charge in [0.15, 0.2) is 3.55 Å². The van der Waals surface area contributed by atoms with E-state index < -0.39 is 25.5 Å². The van der Waals surface area contributed by atoms with Gasteiger partial charge in [-0.25, -0.2) is 8.42 Å². The standard InChI is InChI=1S/C18H17Cl2F3INO2S2/c1-10-7-11(2)16(12(3)8-10)29(26,27)25-17(24,18(21,22)23)9-28-14-6-4-5-13(19)15(14)20/h4-8,25H,9H2,1-3H3. The minimum Gasteiger partial charge on any atom is -0.207 e. The molecule has 3 nitrogen and oxygen atoms in total. The maximum atomic E-state index is 13.9. The van der Waals surface area contributed by atoms with E-state index in [1.807, 2.05) is 4.72 Å². The monoisotopic (exact) mass is 597 g/mol. The van der Waals surface area contributed by atoms with Crippen LogP contribution in [0.3, 0.4) is 0 Å². The molecule has 0 heterocycles. The number of nitrogens with one attached hydrogen (secondary N) is 1. The summed E-state index contributed by atoms with van der Waals surface area (Å²) in [5.41, 5.74) is 1.57. The fourth-order valence-corrected chi connectivity index (χ4v) is 7.43. The molecule has 0 amide bonds. The Balaban J connectivity index is 2.41. The Labute approximate surface area is 195 Å². The first-order chi connectivity index (χ1) is 13.2. The van der Waals surface area contributed by atoms with E-state index in [2.05, 4.69) is 0 Å². The molecule has 0 aliphatic heterocycles. The van der Waals surface area contributed by atoms with Crippen molar-refractivity contribution in [2.75, 3.05) is 5.75 Å². The van der Waals surface area contributed by atoms with E-state index in [-0.39, 0.29) is 14.9 Å². The van der Waals surface area contributed by atoms with Gasteiger partial charge in [-0.15, -0.1) is 11.8 Å². The van der Waals surface area contributed by atoms with Crippen LogP contribution in [0.15, 0.2) is 40.1 Å². The first-order valence-corrected chi connectivity index (χ1v) is 12.4. The van der Waals surface area contributed by atoms with Gasteiger partial charge in [-0.3, -0.25) is 0 Å². The van der Waals surface area contributed by atoms with Crippen LogP contribution in [-0.4, -0.2) is 23.9 Å². The molecule has 2 aromatic carbocycles. The lowest BCUT2D eigenvalue weighted by atomic mass is 10.1. The highest BCUT2D eigenvalue weighted by atomic mass is 127. The van der Waals surface area contributed by atoms with Gasteiger partial charge in [-0.05, 0) is 66.6 Å². The zero-order chi connectivity index (χ0) is 22.2. The fraction of sp³-hybridized carbons (Fsp3) is 0.333. The molecule has 0 saturated carbocycles. The van der Waals surface area contributed by atoms with Gasteiger partial charge >= 0.3 is 6.18 Å². The average molecular weight is 598 g/mol. The SMILES string of the molecule is Cc1cc(C)c(S(=O)(=O)NC(I)(CSc2cccc(Cl)c2Cl)C(F)(F)F)c(C)c1. The van der Waals surface area contributed by atoms with Crippen molar-refractivity contribution in [1.29, 1.82) is 0 Å². The molecule has 11 heteroatoms. The van der Waals surface area contributed by atoms with Crippen LogP contribution in [0, 0.1) is 20.8 Å². The van der Waals surface area contributed by atoms with Gasteiger partial charge in [-0.2, -0.15) is 17.9 Å². The minimum atomic E-state index is -4.86. The fourth-order valence-electron chi connectivity index (χ4n) is 2.80. The summed E-state index contributed by atoms with van der Waals surface area (Å²) in [7, 11) is -4.45. The van der Waals surface area contributed by atoms with Crippen LogP contribution in [0.2, 0.25) is 10.0 Å². The largest absolute Gasteiger partial charge is 0.417 e. The normalized spacial score (nSPS) is 14.7. The molecule has 0 spiro atoms. The molecule has 0 saturated heterocycles. The maximum Gasteiger partial charge on any atom is 0.417 e. The van der Waals surface area contributed by atoms with E-state index >= 15 is 0 Å². The number of aryl methyl sites for hydroxylation is 3. The summed E-state index contributed by atoms with van der Waals surface area (Å²) >= 11 is 13.8. The van der Waals surface area contributed by atoms with Crippen LogP contribution < -0.4 is 4.72 Å². The van der Waals surface area contributed by atoms with Crippen LogP contribution in [-0.2, 0) is 10.0 Å². The third-order valence-corrected chi connectivity index (χ3v) is 10.1. The van der Waals surface area contributed by atoms with Crippen LogP contribution >= 0.6 is 57.6 Å². The third kappa shape index (κ3) is 5.74. The smallest absolute Gasteiger partial charge is 0.207 e. The second-order valence-electron chi connectivity index (χ2n) is 6.47. The summed E-state index contributed by atoms with van der Waals surface area (Å²) < 4.78 is 66.6. The Morgan fingerprint density at radius 3 is 2.17 bits per heavy atom. The quantitative estimate of drug-likeness (QED) is 0.175. The van der Waals surface area contributed by atoms with E-state index in [9.17, 15) is 21.6 Å². The topological polar surface area (TPSA) is 46.2 Å². The van der Waals surface area contributed by atoms with Gasteiger partial charge < -0.3 is 0 Å². The van der Waals surface area contributed by atoms with Crippen LogP contribution in [0.5, 0.6) is 0 Å². The number of thioether (sulfide) groups is 1. The first-order valence-electron chi connectivity index (χ1n) is 8.12. The highest BCUT2D eigenvalue weighted by molar-refractivity contribution is 14.1. The zero-order valence-corrected chi connectivity index (χ0v) is 20.8. The highest BCUT2D eigenvalue weighted by Gasteiger charge is 2.55. The van der Waals surface area contributed by atoms with Crippen molar-refractivity contribution >= 4 is 67.6 Å². The van der Waals surface area contributed by atoms with Crippen LogP contribution in [0.25, 0.3) is 0 Å². The molecule has 0 aliphatic carbocycles. The van der Waals surface area contributed by atoms with Gasteiger partial charge in [0.25, 0.3) is 0 Å². The van der Waals surface area contributed by atoms with Crippen molar-refractivity contribution in [3.8, 4) is 0 Å². The lowest BCUT2D eigenvalue weighted by Crippen LogP contribution is -2.55. The summed E-state index contributed by atoms with van der Waals surface area (Å²) in [6.45, 7) is 4.89. The third-order valence-electron chi connectivity index (χ3n) is 3.96. The molecule has 1 unspecified atom stereocenters. The van der Waals surface area contributed by atoms with Crippen molar-refractivity contribution < 1.29 is 21.6 Å². The number of benzene rings is 2. The first kappa shape index (κ1) is 25.1. The summed E-state index contributed by atoms with van der Waals surface area (Å²) in [4.78, 5) is 0.172. The van der Waals surface area contributed by atoms with Gasteiger partial charge in [-0.1, -0.05) is 47.0 Å². The Morgan fingerprint density at radius 2 is 1.66 bits per heavy atom. The number of alkyl halides is 4. The van der Waals surface area contributed by atoms with Crippen molar-refractivity contribution in [1.82, 2.24) is 4.72 Å². The Kier molecular flexibility index (Phi) is 7.88. The molecule has 0 bridgehead atoms. The van der Waals surface area contributed by atoms with Gasteiger partial charge in [0.2, 0.25) is 10.0 Å². The van der Waals surface area contributed by atoms with Crippen molar-refractivity contribution in [2.45, 2.75) is 40.3 Å². The Morgan fingerprint density at radius 1 is 1.10 bits per heavy atom. The summed E-state index contributed by atoms with van der Waals surface area (Å²) in [5, 5.41) is 0.322. The minimum absolute atomic E-state index is 0.119. The number of hydrogen-bond donors (Lipinski definition) is 1. The van der Waals surface area contributed by atoms with E-state index in [1.54, 1.807) is 39.0 Å². The molecule has 160 valence electrons. The molecule has 2 aromatic rings. The molecule has 1 N–H and O–H groups in total. The molecule has 0 fully saturated rings. The predicted molar refractivity (Wildman–Crippen MR) is 121 cm³/mol.